The van der Waals surface area contributed by atoms with Gasteiger partial charge in [-0.3, -0.25) is 0 Å². The number of anilines is 2. The molecule has 3 aromatic rings. The number of ether oxygens (including phenoxy) is 2. The molecule has 7 heteroatoms. The number of para-hydroxylation sites is 1. The van der Waals surface area contributed by atoms with Gasteiger partial charge in [0.15, 0.2) is 5.88 Å². The molecule has 0 bridgehead atoms. The fraction of sp³-hybridized carbons (Fsp3) is 0.320. The van der Waals surface area contributed by atoms with Crippen molar-refractivity contribution in [3.8, 4) is 11.6 Å². The number of carbonyl (C=O) groups excluding carboxylic acids is 1. The van der Waals surface area contributed by atoms with Gasteiger partial charge in [-0.1, -0.05) is 18.2 Å². The van der Waals surface area contributed by atoms with Crippen molar-refractivity contribution in [2.45, 2.75) is 45.4 Å². The largest absolute Gasteiger partial charge is 0.485 e. The van der Waals surface area contributed by atoms with Crippen LogP contribution in [-0.2, 0) is 0 Å². The van der Waals surface area contributed by atoms with Gasteiger partial charge in [0.25, 0.3) is 0 Å². The van der Waals surface area contributed by atoms with Crippen molar-refractivity contribution in [2.75, 3.05) is 17.2 Å². The van der Waals surface area contributed by atoms with E-state index in [0.29, 0.717) is 29.6 Å². The molecule has 1 aromatic heterocycles. The molecule has 32 heavy (non-hydrogen) atoms. The van der Waals surface area contributed by atoms with Crippen LogP contribution in [0.15, 0.2) is 60.8 Å². The number of amides is 2. The average molecular weight is 436 g/mol. The number of carbonyl (C=O) groups is 1. The van der Waals surface area contributed by atoms with Crippen molar-refractivity contribution in [3.63, 3.8) is 0 Å². The van der Waals surface area contributed by atoms with Gasteiger partial charge < -0.3 is 29.8 Å². The van der Waals surface area contributed by atoms with Crippen LogP contribution in [0.1, 0.15) is 37.9 Å². The van der Waals surface area contributed by atoms with Gasteiger partial charge in [0.2, 0.25) is 0 Å². The molecule has 1 aliphatic rings. The summed E-state index contributed by atoms with van der Waals surface area (Å²) in [6, 6.07) is 15.9. The Kier molecular flexibility index (Phi) is 5.84. The highest BCUT2D eigenvalue weighted by atomic mass is 16.5. The van der Waals surface area contributed by atoms with E-state index in [0.717, 1.165) is 11.1 Å². The summed E-state index contributed by atoms with van der Waals surface area (Å²) in [7, 11) is 0. The van der Waals surface area contributed by atoms with E-state index in [2.05, 4.69) is 10.6 Å². The zero-order valence-electron chi connectivity index (χ0n) is 18.8. The van der Waals surface area contributed by atoms with Crippen LogP contribution in [0, 0.1) is 6.92 Å². The van der Waals surface area contributed by atoms with Crippen molar-refractivity contribution >= 4 is 17.4 Å². The predicted molar refractivity (Wildman–Crippen MR) is 125 cm³/mol. The van der Waals surface area contributed by atoms with Crippen LogP contribution in [0.5, 0.6) is 11.6 Å². The summed E-state index contributed by atoms with van der Waals surface area (Å²) in [5, 5.41) is 16.9. The van der Waals surface area contributed by atoms with Crippen LogP contribution in [0.25, 0.3) is 0 Å². The number of hydrogen-bond donors (Lipinski definition) is 3. The molecule has 168 valence electrons. The van der Waals surface area contributed by atoms with Crippen molar-refractivity contribution < 1.29 is 19.4 Å². The standard InChI is InChI=1S/C25H29N3O4/c1-5-31-21-13-16(2)15-28(21)22-19-14-18(11-12-20(19)32-25(3,4)23(22)29)27-24(30)26-17-9-7-6-8-10-17/h6-15,22-23,29H,5H2,1-4H3,(H2,26,27,30). The third-order valence-electron chi connectivity index (χ3n) is 5.54. The summed E-state index contributed by atoms with van der Waals surface area (Å²) in [5.41, 5.74) is 2.29. The topological polar surface area (TPSA) is 84.8 Å². The van der Waals surface area contributed by atoms with Gasteiger partial charge in [-0.2, -0.15) is 0 Å². The average Bonchev–Trinajstić information content (AvgIpc) is 3.10. The van der Waals surface area contributed by atoms with Gasteiger partial charge in [-0.05, 0) is 63.6 Å². The van der Waals surface area contributed by atoms with E-state index in [1.165, 1.54) is 0 Å². The number of aromatic nitrogens is 1. The molecular formula is C25H29N3O4. The lowest BCUT2D eigenvalue weighted by molar-refractivity contribution is -0.0646. The lowest BCUT2D eigenvalue weighted by Crippen LogP contribution is -2.50. The molecule has 0 spiro atoms. The number of urea groups is 1. The zero-order chi connectivity index (χ0) is 22.9. The summed E-state index contributed by atoms with van der Waals surface area (Å²) in [6.45, 7) is 8.16. The molecule has 2 heterocycles. The third-order valence-corrected chi connectivity index (χ3v) is 5.54. The first kappa shape index (κ1) is 21.8. The molecule has 2 aromatic carbocycles. The number of benzene rings is 2. The number of aliphatic hydroxyl groups is 1. The number of nitrogens with zero attached hydrogens (tertiary/aromatic N) is 1. The summed E-state index contributed by atoms with van der Waals surface area (Å²) >= 11 is 0. The Morgan fingerprint density at radius 2 is 1.84 bits per heavy atom. The van der Waals surface area contributed by atoms with E-state index in [1.54, 1.807) is 6.07 Å². The molecule has 0 saturated carbocycles. The van der Waals surface area contributed by atoms with Gasteiger partial charge in [-0.25, -0.2) is 4.79 Å². The monoisotopic (exact) mass is 435 g/mol. The Morgan fingerprint density at radius 3 is 2.56 bits per heavy atom. The molecule has 1 aliphatic heterocycles. The van der Waals surface area contributed by atoms with Crippen LogP contribution in [0.3, 0.4) is 0 Å². The van der Waals surface area contributed by atoms with Crippen molar-refractivity contribution in [1.82, 2.24) is 4.57 Å². The molecule has 7 nitrogen and oxygen atoms in total. The first-order chi connectivity index (χ1) is 15.3. The maximum absolute atomic E-state index is 12.5. The van der Waals surface area contributed by atoms with Crippen LogP contribution in [-0.4, -0.2) is 34.0 Å². The first-order valence-electron chi connectivity index (χ1n) is 10.7. The summed E-state index contributed by atoms with van der Waals surface area (Å²) in [5.74, 6) is 1.34. The normalized spacial score (nSPS) is 18.9. The number of aryl methyl sites for hydroxylation is 1. The van der Waals surface area contributed by atoms with Crippen LogP contribution in [0.4, 0.5) is 16.2 Å². The van der Waals surface area contributed by atoms with Crippen molar-refractivity contribution in [1.29, 1.82) is 0 Å². The van der Waals surface area contributed by atoms with Crippen molar-refractivity contribution in [3.05, 3.63) is 71.9 Å². The highest BCUT2D eigenvalue weighted by Crippen LogP contribution is 2.44. The SMILES string of the molecule is CCOc1cc(C)cn1C1c2cc(NC(=O)Nc3ccccc3)ccc2OC(C)(C)C1O. The molecule has 0 radical (unpaired) electrons. The van der Waals surface area contributed by atoms with E-state index >= 15 is 0 Å². The summed E-state index contributed by atoms with van der Waals surface area (Å²) in [6.07, 6.45) is 1.13. The van der Waals surface area contributed by atoms with E-state index in [9.17, 15) is 9.90 Å². The summed E-state index contributed by atoms with van der Waals surface area (Å²) < 4.78 is 13.9. The molecule has 0 aliphatic carbocycles. The maximum atomic E-state index is 12.5. The number of rotatable bonds is 5. The number of fused-ring (bicyclic) bond motifs is 1. The van der Waals surface area contributed by atoms with E-state index in [1.807, 2.05) is 87.0 Å². The van der Waals surface area contributed by atoms with Gasteiger partial charge in [0.1, 0.15) is 17.5 Å². The highest BCUT2D eigenvalue weighted by Gasteiger charge is 2.44. The number of aliphatic hydroxyl groups excluding tert-OH is 1. The van der Waals surface area contributed by atoms with E-state index < -0.39 is 17.7 Å². The van der Waals surface area contributed by atoms with E-state index in [4.69, 9.17) is 9.47 Å². The second kappa shape index (κ2) is 8.59. The van der Waals surface area contributed by atoms with Gasteiger partial charge >= 0.3 is 6.03 Å². The van der Waals surface area contributed by atoms with E-state index in [-0.39, 0.29) is 6.03 Å². The number of hydrogen-bond acceptors (Lipinski definition) is 4. The number of nitrogens with one attached hydrogen (secondary N) is 2. The molecule has 3 N–H and O–H groups in total. The molecule has 2 unspecified atom stereocenters. The summed E-state index contributed by atoms with van der Waals surface area (Å²) in [4.78, 5) is 12.5. The van der Waals surface area contributed by atoms with Crippen molar-refractivity contribution in [2.24, 2.45) is 0 Å². The molecule has 0 saturated heterocycles. The quantitative estimate of drug-likeness (QED) is 0.529. The lowest BCUT2D eigenvalue weighted by Gasteiger charge is -2.43. The Labute approximate surface area is 188 Å². The second-order valence-corrected chi connectivity index (χ2v) is 8.49. The van der Waals surface area contributed by atoms with Crippen LogP contribution >= 0.6 is 0 Å². The van der Waals surface area contributed by atoms with Crippen LogP contribution in [0.2, 0.25) is 0 Å². The molecule has 4 rings (SSSR count). The Morgan fingerprint density at radius 1 is 1.12 bits per heavy atom. The third kappa shape index (κ3) is 4.29. The molecule has 2 atom stereocenters. The maximum Gasteiger partial charge on any atom is 0.323 e. The lowest BCUT2D eigenvalue weighted by atomic mass is 9.86. The van der Waals surface area contributed by atoms with Gasteiger partial charge in [-0.15, -0.1) is 0 Å². The highest BCUT2D eigenvalue weighted by molar-refractivity contribution is 5.99. The first-order valence-corrected chi connectivity index (χ1v) is 10.7. The minimum Gasteiger partial charge on any atom is -0.485 e. The smallest absolute Gasteiger partial charge is 0.323 e. The van der Waals surface area contributed by atoms with Gasteiger partial charge in [0, 0.05) is 29.2 Å². The fourth-order valence-corrected chi connectivity index (χ4v) is 4.03. The fourth-order valence-electron chi connectivity index (χ4n) is 4.03. The Balaban J connectivity index is 1.68. The molecular weight excluding hydrogens is 406 g/mol. The Bertz CT molecular complexity index is 1110. The zero-order valence-corrected chi connectivity index (χ0v) is 18.8. The second-order valence-electron chi connectivity index (χ2n) is 8.49. The predicted octanol–water partition coefficient (Wildman–Crippen LogP) is 4.96. The molecule has 2 amide bonds. The van der Waals surface area contributed by atoms with Crippen LogP contribution < -0.4 is 20.1 Å². The minimum atomic E-state index is -0.839. The molecule has 0 fully saturated rings. The van der Waals surface area contributed by atoms with Gasteiger partial charge in [0.05, 0.1) is 12.6 Å². The Hall–Kier alpha value is -3.45. The minimum absolute atomic E-state index is 0.350.